The van der Waals surface area contributed by atoms with Crippen LogP contribution in [0.3, 0.4) is 0 Å². The molecule has 1 saturated carbocycles. The second kappa shape index (κ2) is 10.9. The number of piperidine rings is 1. The number of benzene rings is 2. The first kappa shape index (κ1) is 23.3. The molecular weight excluding hydrogens is 436 g/mol. The van der Waals surface area contributed by atoms with Crippen molar-refractivity contribution in [1.82, 2.24) is 9.97 Å². The standard InChI is InChI=1S/C29H32N4O2/c30-20-24(29(34)35-23-11-5-2-6-12-23)27-28(32-26-14-8-7-13-25(26)31-27)33-17-15-22(16-18-33)19-21-9-3-1-4-10-21/h1,3-4,7-10,13-14,22-24H,2,5-6,11-12,15-19H2. The Kier molecular flexibility index (Phi) is 7.23. The predicted molar refractivity (Wildman–Crippen MR) is 136 cm³/mol. The summed E-state index contributed by atoms with van der Waals surface area (Å²) in [5.41, 5.74) is 3.26. The fourth-order valence-corrected chi connectivity index (χ4v) is 5.37. The molecule has 3 aromatic rings. The van der Waals surface area contributed by atoms with Crippen molar-refractivity contribution in [3.63, 3.8) is 0 Å². The number of ether oxygens (including phenoxy) is 1. The van der Waals surface area contributed by atoms with Gasteiger partial charge in [-0.1, -0.05) is 48.9 Å². The summed E-state index contributed by atoms with van der Waals surface area (Å²) in [6.07, 6.45) is 8.08. The molecule has 1 unspecified atom stereocenters. The summed E-state index contributed by atoms with van der Waals surface area (Å²) in [6, 6.07) is 20.5. The van der Waals surface area contributed by atoms with Crippen molar-refractivity contribution in [2.24, 2.45) is 5.92 Å². The number of para-hydroxylation sites is 2. The molecule has 1 aliphatic carbocycles. The smallest absolute Gasteiger partial charge is 0.329 e. The molecule has 0 bridgehead atoms. The minimum absolute atomic E-state index is 0.0994. The first-order valence-corrected chi connectivity index (χ1v) is 12.9. The molecule has 2 aromatic carbocycles. The van der Waals surface area contributed by atoms with Gasteiger partial charge in [0.25, 0.3) is 0 Å². The third-order valence-corrected chi connectivity index (χ3v) is 7.33. The molecule has 0 N–H and O–H groups in total. The molecule has 5 rings (SSSR count). The second-order valence-corrected chi connectivity index (χ2v) is 9.80. The average Bonchev–Trinajstić information content (AvgIpc) is 2.90. The fraction of sp³-hybridized carbons (Fsp3) is 0.448. The van der Waals surface area contributed by atoms with Crippen molar-refractivity contribution >= 4 is 22.8 Å². The van der Waals surface area contributed by atoms with Gasteiger partial charge in [-0.2, -0.15) is 5.26 Å². The van der Waals surface area contributed by atoms with Crippen LogP contribution in [0.1, 0.15) is 62.1 Å². The Balaban J connectivity index is 1.38. The summed E-state index contributed by atoms with van der Waals surface area (Å²) in [7, 11) is 0. The van der Waals surface area contributed by atoms with Gasteiger partial charge >= 0.3 is 5.97 Å². The van der Waals surface area contributed by atoms with Gasteiger partial charge in [0.2, 0.25) is 0 Å². The number of esters is 1. The number of carbonyl (C=O) groups is 1. The Bertz CT molecular complexity index is 1190. The molecule has 2 fully saturated rings. The minimum atomic E-state index is -1.08. The van der Waals surface area contributed by atoms with Crippen molar-refractivity contribution in [3.8, 4) is 6.07 Å². The molecule has 2 aliphatic rings. The van der Waals surface area contributed by atoms with Crippen LogP contribution < -0.4 is 4.90 Å². The number of fused-ring (bicyclic) bond motifs is 1. The van der Waals surface area contributed by atoms with Gasteiger partial charge in [-0.15, -0.1) is 0 Å². The van der Waals surface area contributed by atoms with Gasteiger partial charge < -0.3 is 9.64 Å². The van der Waals surface area contributed by atoms with Crippen LogP contribution in [0.25, 0.3) is 11.0 Å². The summed E-state index contributed by atoms with van der Waals surface area (Å²) in [4.78, 5) is 25.0. The van der Waals surface area contributed by atoms with E-state index in [1.54, 1.807) is 0 Å². The third-order valence-electron chi connectivity index (χ3n) is 7.33. The lowest BCUT2D eigenvalue weighted by Crippen LogP contribution is -2.36. The van der Waals surface area contributed by atoms with Gasteiger partial charge in [-0.25, -0.2) is 9.97 Å². The number of aromatic nitrogens is 2. The van der Waals surface area contributed by atoms with E-state index in [-0.39, 0.29) is 6.10 Å². The molecule has 1 aromatic heterocycles. The molecule has 180 valence electrons. The Hall–Kier alpha value is -3.46. The van der Waals surface area contributed by atoms with E-state index in [1.165, 1.54) is 12.0 Å². The van der Waals surface area contributed by atoms with Crippen LogP contribution in [-0.4, -0.2) is 35.1 Å². The average molecular weight is 469 g/mol. The zero-order valence-corrected chi connectivity index (χ0v) is 20.1. The normalized spacial score (nSPS) is 18.2. The van der Waals surface area contributed by atoms with Gasteiger partial charge in [0.1, 0.15) is 11.8 Å². The van der Waals surface area contributed by atoms with E-state index in [0.29, 0.717) is 22.9 Å². The van der Waals surface area contributed by atoms with Crippen LogP contribution in [0.15, 0.2) is 54.6 Å². The maximum atomic E-state index is 13.1. The first-order valence-electron chi connectivity index (χ1n) is 12.9. The number of hydrogen-bond acceptors (Lipinski definition) is 6. The van der Waals surface area contributed by atoms with Crippen molar-refractivity contribution in [2.75, 3.05) is 18.0 Å². The molecule has 2 heterocycles. The number of anilines is 1. The molecule has 0 radical (unpaired) electrons. The molecule has 6 heteroatoms. The van der Waals surface area contributed by atoms with E-state index >= 15 is 0 Å². The first-order chi connectivity index (χ1) is 17.2. The lowest BCUT2D eigenvalue weighted by atomic mass is 9.90. The maximum absolute atomic E-state index is 13.1. The van der Waals surface area contributed by atoms with Crippen LogP contribution in [0.2, 0.25) is 0 Å². The van der Waals surface area contributed by atoms with E-state index in [9.17, 15) is 10.1 Å². The fourth-order valence-electron chi connectivity index (χ4n) is 5.37. The van der Waals surface area contributed by atoms with Crippen molar-refractivity contribution in [3.05, 3.63) is 65.9 Å². The van der Waals surface area contributed by atoms with Crippen LogP contribution in [0.4, 0.5) is 5.82 Å². The highest BCUT2D eigenvalue weighted by Gasteiger charge is 2.33. The Labute approximate surface area is 206 Å². The van der Waals surface area contributed by atoms with Crippen LogP contribution in [-0.2, 0) is 16.0 Å². The highest BCUT2D eigenvalue weighted by molar-refractivity contribution is 5.85. The van der Waals surface area contributed by atoms with E-state index in [0.717, 1.165) is 63.6 Å². The zero-order valence-electron chi connectivity index (χ0n) is 20.1. The molecule has 1 atom stereocenters. The lowest BCUT2D eigenvalue weighted by Gasteiger charge is -2.34. The second-order valence-electron chi connectivity index (χ2n) is 9.80. The summed E-state index contributed by atoms with van der Waals surface area (Å²) in [6.45, 7) is 1.65. The molecule has 6 nitrogen and oxygen atoms in total. The summed E-state index contributed by atoms with van der Waals surface area (Å²) in [5.74, 6) is -0.321. The van der Waals surface area contributed by atoms with Crippen molar-refractivity contribution < 1.29 is 9.53 Å². The van der Waals surface area contributed by atoms with Gasteiger partial charge in [0.05, 0.1) is 17.1 Å². The molecule has 1 aliphatic heterocycles. The monoisotopic (exact) mass is 468 g/mol. The van der Waals surface area contributed by atoms with Gasteiger partial charge in [0, 0.05) is 13.1 Å². The Morgan fingerprint density at radius 3 is 2.29 bits per heavy atom. The van der Waals surface area contributed by atoms with E-state index in [2.05, 4.69) is 41.3 Å². The van der Waals surface area contributed by atoms with E-state index in [1.807, 2.05) is 24.3 Å². The highest BCUT2D eigenvalue weighted by Crippen LogP contribution is 2.32. The number of rotatable bonds is 6. The van der Waals surface area contributed by atoms with E-state index < -0.39 is 11.9 Å². The number of carbonyl (C=O) groups excluding carboxylic acids is 1. The largest absolute Gasteiger partial charge is 0.461 e. The lowest BCUT2D eigenvalue weighted by molar-refractivity contribution is -0.150. The van der Waals surface area contributed by atoms with Crippen molar-refractivity contribution in [2.45, 2.75) is 63.4 Å². The van der Waals surface area contributed by atoms with Gasteiger partial charge in [-0.05, 0) is 68.6 Å². The predicted octanol–water partition coefficient (Wildman–Crippen LogP) is 5.57. The molecule has 0 spiro atoms. The SMILES string of the molecule is N#CC(C(=O)OC1CCCCC1)c1nc2ccccc2nc1N1CCC(Cc2ccccc2)CC1. The van der Waals surface area contributed by atoms with E-state index in [4.69, 9.17) is 14.7 Å². The summed E-state index contributed by atoms with van der Waals surface area (Å²) >= 11 is 0. The number of nitrogens with zero attached hydrogens (tertiary/aromatic N) is 4. The molecular formula is C29H32N4O2. The van der Waals surface area contributed by atoms with Gasteiger partial charge in [0.15, 0.2) is 11.7 Å². The van der Waals surface area contributed by atoms with Crippen LogP contribution >= 0.6 is 0 Å². The Morgan fingerprint density at radius 1 is 0.943 bits per heavy atom. The molecule has 1 saturated heterocycles. The quantitative estimate of drug-likeness (QED) is 0.440. The van der Waals surface area contributed by atoms with Crippen LogP contribution in [0, 0.1) is 17.2 Å². The summed E-state index contributed by atoms with van der Waals surface area (Å²) in [5, 5.41) is 10.0. The molecule has 0 amide bonds. The number of nitriles is 1. The topological polar surface area (TPSA) is 79.1 Å². The number of hydrogen-bond donors (Lipinski definition) is 0. The molecule has 35 heavy (non-hydrogen) atoms. The van der Waals surface area contributed by atoms with Crippen molar-refractivity contribution in [1.29, 1.82) is 5.26 Å². The van der Waals surface area contributed by atoms with Gasteiger partial charge in [-0.3, -0.25) is 4.79 Å². The third kappa shape index (κ3) is 5.45. The zero-order chi connectivity index (χ0) is 24.0. The maximum Gasteiger partial charge on any atom is 0.329 e. The Morgan fingerprint density at radius 2 is 1.60 bits per heavy atom. The summed E-state index contributed by atoms with van der Waals surface area (Å²) < 4.78 is 5.79. The highest BCUT2D eigenvalue weighted by atomic mass is 16.5. The minimum Gasteiger partial charge on any atom is -0.461 e. The van der Waals surface area contributed by atoms with Crippen LogP contribution in [0.5, 0.6) is 0 Å².